The molecule has 0 radical (unpaired) electrons. The van der Waals surface area contributed by atoms with Gasteiger partial charge >= 0.3 is 88.7 Å². The van der Waals surface area contributed by atoms with Crippen molar-refractivity contribution in [2.24, 2.45) is 0 Å². The predicted octanol–water partition coefficient (Wildman–Crippen LogP) is -9.66. The normalized spacial score (nSPS) is 9.55. The second-order valence-electron chi connectivity index (χ2n) is 6.21. The van der Waals surface area contributed by atoms with Crippen LogP contribution in [0, 0.1) is 0 Å². The summed E-state index contributed by atoms with van der Waals surface area (Å²) in [5, 5.41) is 35.4. The number of carbonyl (C=O) groups excluding carboxylic acids is 3. The van der Waals surface area contributed by atoms with Crippen molar-refractivity contribution in [1.82, 2.24) is 0 Å². The number of carbonyl (C=O) groups is 3. The molecule has 0 saturated carbocycles. The molecule has 3 aromatic rings. The summed E-state index contributed by atoms with van der Waals surface area (Å²) in [4.78, 5) is 35.0. The first-order valence-corrected chi connectivity index (χ1v) is 8.34. The average molecular weight is 445 g/mol. The Morgan fingerprint density at radius 1 is 0.710 bits per heavy atom. The van der Waals surface area contributed by atoms with Gasteiger partial charge in [-0.15, -0.1) is 0 Å². The van der Waals surface area contributed by atoms with Gasteiger partial charge in [0, 0.05) is 23.4 Å². The van der Waals surface area contributed by atoms with Gasteiger partial charge in [-0.05, 0) is 34.5 Å². The van der Waals surface area contributed by atoms with E-state index in [1.807, 2.05) is 36.4 Å². The van der Waals surface area contributed by atoms with E-state index in [9.17, 15) is 29.7 Å². The van der Waals surface area contributed by atoms with Crippen molar-refractivity contribution < 1.29 is 118 Å². The van der Waals surface area contributed by atoms with E-state index >= 15 is 0 Å². The van der Waals surface area contributed by atoms with Gasteiger partial charge in [0.2, 0.25) is 0 Å². The molecule has 0 atom stereocenters. The largest absolute Gasteiger partial charge is 1.00 e. The van der Waals surface area contributed by atoms with Gasteiger partial charge in [0.15, 0.2) is 0 Å². The smallest absolute Gasteiger partial charge is 0.548 e. The number of fused-ring (bicyclic) bond motifs is 1. The first-order valence-electron chi connectivity index (χ1n) is 8.34. The van der Waals surface area contributed by atoms with Gasteiger partial charge in [-0.25, -0.2) is 0 Å². The molecule has 0 aliphatic heterocycles. The Morgan fingerprint density at radius 2 is 1.32 bits per heavy atom. The number of carboxylic acids is 3. The Morgan fingerprint density at radius 3 is 1.90 bits per heavy atom. The number of hydrogen-bond donors (Lipinski definition) is 0. The molecule has 0 saturated heterocycles. The first kappa shape index (κ1) is 30.1. The molecule has 31 heavy (non-hydrogen) atoms. The summed E-state index contributed by atoms with van der Waals surface area (Å²) >= 11 is 0. The predicted molar refractivity (Wildman–Crippen MR) is 95.1 cm³/mol. The van der Waals surface area contributed by atoms with Gasteiger partial charge in [-0.1, -0.05) is 42.5 Å². The van der Waals surface area contributed by atoms with E-state index in [2.05, 4.69) is 0 Å². The third-order valence-electron chi connectivity index (χ3n) is 4.32. The molecule has 0 aliphatic carbocycles. The number of nitrogens with zero attached hydrogens (tertiary/aromatic N) is 1. The van der Waals surface area contributed by atoms with E-state index in [1.165, 1.54) is 11.0 Å². The quantitative estimate of drug-likeness (QED) is 0.331. The van der Waals surface area contributed by atoms with Gasteiger partial charge in [0.1, 0.15) is 0 Å². The number of anilines is 1. The Kier molecular flexibility index (Phi) is 13.2. The maximum absolute atomic E-state index is 11.2. The number of benzene rings is 3. The number of aromatic carboxylic acids is 2. The molecule has 0 fully saturated rings. The monoisotopic (exact) mass is 445 g/mol. The van der Waals surface area contributed by atoms with Crippen LogP contribution in [0.3, 0.4) is 0 Å². The zero-order valence-electron chi connectivity index (χ0n) is 17.6. The van der Waals surface area contributed by atoms with E-state index in [-0.39, 0.29) is 95.2 Å². The van der Waals surface area contributed by atoms with Gasteiger partial charge in [0.25, 0.3) is 0 Å². The third kappa shape index (κ3) is 7.89. The van der Waals surface area contributed by atoms with Crippen molar-refractivity contribution in [3.8, 4) is 0 Å². The van der Waals surface area contributed by atoms with Crippen LogP contribution in [0.25, 0.3) is 10.8 Å². The summed E-state index contributed by atoms with van der Waals surface area (Å²) in [5.41, 5.74) is -0.0224. The molecular weight excluding hydrogens is 431 g/mol. The van der Waals surface area contributed by atoms with Crippen LogP contribution in [0.1, 0.15) is 26.3 Å². The minimum absolute atomic E-state index is 0. The zero-order chi connectivity index (χ0) is 20.3. The van der Waals surface area contributed by atoms with Crippen LogP contribution < -0.4 is 109 Å². The van der Waals surface area contributed by atoms with Crippen molar-refractivity contribution in [3.63, 3.8) is 0 Å². The minimum Gasteiger partial charge on any atom is -0.548 e. The van der Waals surface area contributed by atoms with Crippen molar-refractivity contribution in [2.45, 2.75) is 6.54 Å². The summed E-state index contributed by atoms with van der Waals surface area (Å²) in [7, 11) is 0. The molecule has 0 unspecified atom stereocenters. The first-order chi connectivity index (χ1) is 13.3. The molecular formula is C21H14NNa3O6. The Balaban J connectivity index is 0.00000300. The molecule has 3 rings (SSSR count). The van der Waals surface area contributed by atoms with Gasteiger partial charge in [-0.3, -0.25) is 0 Å². The van der Waals surface area contributed by atoms with E-state index in [0.29, 0.717) is 11.3 Å². The van der Waals surface area contributed by atoms with Gasteiger partial charge in [0.05, 0.1) is 24.5 Å². The number of rotatable bonds is 7. The van der Waals surface area contributed by atoms with Crippen molar-refractivity contribution in [1.29, 1.82) is 0 Å². The molecule has 0 aromatic heterocycles. The van der Waals surface area contributed by atoms with Crippen LogP contribution in [-0.4, -0.2) is 24.5 Å². The van der Waals surface area contributed by atoms with Crippen molar-refractivity contribution >= 4 is 34.4 Å². The Labute approximate surface area is 245 Å². The SMILES string of the molecule is O=C([O-])CN(Cc1ccc(C(=O)[O-])c(C(=O)[O-])c1)c1ccc2ccccc2c1.[Na+].[Na+].[Na+]. The summed E-state index contributed by atoms with van der Waals surface area (Å²) in [6.07, 6.45) is 0. The Hall–Kier alpha value is -0.870. The summed E-state index contributed by atoms with van der Waals surface area (Å²) < 4.78 is 0. The molecule has 0 amide bonds. The second kappa shape index (κ2) is 13.6. The van der Waals surface area contributed by atoms with E-state index in [1.54, 1.807) is 6.07 Å². The van der Waals surface area contributed by atoms with Crippen LogP contribution in [-0.2, 0) is 11.3 Å². The fourth-order valence-electron chi connectivity index (χ4n) is 3.02. The van der Waals surface area contributed by atoms with Crippen LogP contribution in [0.15, 0.2) is 60.7 Å². The molecule has 0 spiro atoms. The van der Waals surface area contributed by atoms with Crippen molar-refractivity contribution in [2.75, 3.05) is 11.4 Å². The second-order valence-corrected chi connectivity index (χ2v) is 6.21. The topological polar surface area (TPSA) is 124 Å². The van der Waals surface area contributed by atoms with E-state index < -0.39 is 35.6 Å². The average Bonchev–Trinajstić information content (AvgIpc) is 2.66. The number of carboxylic acid groups (broad SMARTS) is 3. The van der Waals surface area contributed by atoms with Gasteiger partial charge in [-0.2, -0.15) is 0 Å². The van der Waals surface area contributed by atoms with E-state index in [4.69, 9.17) is 0 Å². The van der Waals surface area contributed by atoms with E-state index in [0.717, 1.165) is 22.9 Å². The molecule has 0 bridgehead atoms. The number of aliphatic carboxylic acids is 1. The standard InChI is InChI=1S/C21H17NO6.3Na/c23-19(24)12-22(16-7-6-14-3-1-2-4-15(14)10-16)11-13-5-8-17(20(25)26)18(9-13)21(27)28;;;/h1-10H,11-12H2,(H,23,24)(H,25,26)(H,27,28);;;/q;3*+1/p-3. The zero-order valence-corrected chi connectivity index (χ0v) is 23.6. The van der Waals surface area contributed by atoms with Crippen LogP contribution in [0.4, 0.5) is 5.69 Å². The molecule has 7 nitrogen and oxygen atoms in total. The molecule has 10 heteroatoms. The molecule has 142 valence electrons. The molecule has 3 aromatic carbocycles. The summed E-state index contributed by atoms with van der Waals surface area (Å²) in [6.45, 7) is -0.402. The van der Waals surface area contributed by atoms with Gasteiger partial charge < -0.3 is 34.6 Å². The van der Waals surface area contributed by atoms with Crippen molar-refractivity contribution in [3.05, 3.63) is 77.4 Å². The van der Waals surface area contributed by atoms with Crippen LogP contribution in [0.5, 0.6) is 0 Å². The maximum Gasteiger partial charge on any atom is 1.00 e. The van der Waals surface area contributed by atoms with Crippen LogP contribution in [0.2, 0.25) is 0 Å². The summed E-state index contributed by atoms with van der Waals surface area (Å²) in [6, 6.07) is 16.6. The number of hydrogen-bond acceptors (Lipinski definition) is 7. The molecule has 0 aliphatic rings. The summed E-state index contributed by atoms with van der Waals surface area (Å²) in [5.74, 6) is -4.59. The Bertz CT molecular complexity index is 1090. The molecule has 0 heterocycles. The van der Waals surface area contributed by atoms with Crippen LogP contribution >= 0.6 is 0 Å². The minimum atomic E-state index is -1.65. The fraction of sp³-hybridized carbons (Fsp3) is 0.0952. The third-order valence-corrected chi connectivity index (χ3v) is 4.32. The molecule has 0 N–H and O–H groups in total. The maximum atomic E-state index is 11.2. The fourth-order valence-corrected chi connectivity index (χ4v) is 3.02.